The first-order valence-electron chi connectivity index (χ1n) is 4.78. The summed E-state index contributed by atoms with van der Waals surface area (Å²) >= 11 is 0. The number of hydrogen-bond acceptors (Lipinski definition) is 7. The van der Waals surface area contributed by atoms with Crippen molar-refractivity contribution in [2.75, 3.05) is 13.2 Å². The van der Waals surface area contributed by atoms with Crippen molar-refractivity contribution in [3.8, 4) is 0 Å². The first-order chi connectivity index (χ1) is 7.96. The van der Waals surface area contributed by atoms with Crippen molar-refractivity contribution in [2.45, 2.75) is 31.0 Å². The molecule has 106 valence electrons. The molecular formula is C8H11F2O7S-. The number of alkyl halides is 2. The van der Waals surface area contributed by atoms with Gasteiger partial charge in [0.25, 0.3) is 0 Å². The van der Waals surface area contributed by atoms with E-state index in [4.69, 9.17) is 9.47 Å². The second-order valence-corrected chi connectivity index (χ2v) is 5.44. The van der Waals surface area contributed by atoms with Crippen LogP contribution < -0.4 is 0 Å². The fourth-order valence-electron chi connectivity index (χ4n) is 1.20. The van der Waals surface area contributed by atoms with E-state index in [1.165, 1.54) is 0 Å². The first kappa shape index (κ1) is 15.2. The molecule has 10 heteroatoms. The van der Waals surface area contributed by atoms with Gasteiger partial charge in [-0.3, -0.25) is 0 Å². The normalized spacial score (nSPS) is 23.9. The van der Waals surface area contributed by atoms with E-state index in [1.807, 2.05) is 0 Å². The summed E-state index contributed by atoms with van der Waals surface area (Å²) in [7, 11) is -6.10. The Kier molecular flexibility index (Phi) is 3.96. The molecule has 0 aromatic carbocycles. The third kappa shape index (κ3) is 3.34. The van der Waals surface area contributed by atoms with Crippen LogP contribution >= 0.6 is 0 Å². The summed E-state index contributed by atoms with van der Waals surface area (Å²) in [4.78, 5) is 10.8. The number of rotatable bonds is 4. The van der Waals surface area contributed by atoms with Crippen molar-refractivity contribution >= 4 is 16.1 Å². The maximum absolute atomic E-state index is 12.7. The highest BCUT2D eigenvalue weighted by Crippen LogP contribution is 2.25. The minimum atomic E-state index is -6.10. The van der Waals surface area contributed by atoms with Gasteiger partial charge in [-0.05, 0) is 13.8 Å². The summed E-state index contributed by atoms with van der Waals surface area (Å²) in [6.45, 7) is 2.49. The zero-order valence-electron chi connectivity index (χ0n) is 9.51. The molecule has 0 aliphatic carbocycles. The molecule has 0 amide bonds. The van der Waals surface area contributed by atoms with Gasteiger partial charge in [0.05, 0.1) is 6.61 Å². The minimum absolute atomic E-state index is 0.00399. The lowest BCUT2D eigenvalue weighted by atomic mass is 10.4. The predicted molar refractivity (Wildman–Crippen MR) is 50.5 cm³/mol. The molecule has 1 unspecified atom stereocenters. The Hall–Kier alpha value is -0.840. The van der Waals surface area contributed by atoms with Crippen LogP contribution in [0.4, 0.5) is 8.78 Å². The Morgan fingerprint density at radius 3 is 2.50 bits per heavy atom. The second kappa shape index (κ2) is 4.68. The van der Waals surface area contributed by atoms with E-state index in [0.29, 0.717) is 0 Å². The van der Waals surface area contributed by atoms with Gasteiger partial charge < -0.3 is 18.8 Å². The van der Waals surface area contributed by atoms with E-state index in [9.17, 15) is 26.5 Å². The van der Waals surface area contributed by atoms with Crippen LogP contribution in [0.15, 0.2) is 0 Å². The third-order valence-corrected chi connectivity index (χ3v) is 2.81. The van der Waals surface area contributed by atoms with Crippen molar-refractivity contribution in [3.05, 3.63) is 0 Å². The Morgan fingerprint density at radius 2 is 2.11 bits per heavy atom. The van der Waals surface area contributed by atoms with Gasteiger partial charge >= 0.3 is 11.2 Å². The van der Waals surface area contributed by atoms with Crippen molar-refractivity contribution in [1.82, 2.24) is 0 Å². The third-order valence-electron chi connectivity index (χ3n) is 2.02. The van der Waals surface area contributed by atoms with Crippen molar-refractivity contribution in [3.63, 3.8) is 0 Å². The molecule has 1 rings (SSSR count). The average Bonchev–Trinajstić information content (AvgIpc) is 2.52. The zero-order chi connectivity index (χ0) is 14.2. The Morgan fingerprint density at radius 1 is 1.56 bits per heavy atom. The maximum Gasteiger partial charge on any atom is 0.428 e. The van der Waals surface area contributed by atoms with E-state index in [1.54, 1.807) is 13.8 Å². The SMILES string of the molecule is CC1(C)OCC(COC(=O)C(F)(F)S(=O)(=O)[O-])O1. The molecule has 0 saturated carbocycles. The highest BCUT2D eigenvalue weighted by Gasteiger charge is 2.49. The largest absolute Gasteiger partial charge is 0.743 e. The van der Waals surface area contributed by atoms with Gasteiger partial charge in [0.2, 0.25) is 0 Å². The van der Waals surface area contributed by atoms with Crippen LogP contribution in [0, 0.1) is 0 Å². The van der Waals surface area contributed by atoms with Crippen molar-refractivity contribution in [2.24, 2.45) is 0 Å². The Balaban J connectivity index is 2.53. The molecule has 0 bridgehead atoms. The summed E-state index contributed by atoms with van der Waals surface area (Å²) in [6, 6.07) is 0. The van der Waals surface area contributed by atoms with Gasteiger partial charge in [-0.1, -0.05) is 0 Å². The molecule has 1 aliphatic rings. The highest BCUT2D eigenvalue weighted by molar-refractivity contribution is 7.87. The summed E-state index contributed by atoms with van der Waals surface area (Å²) in [6.07, 6.45) is -0.797. The lowest BCUT2D eigenvalue weighted by Crippen LogP contribution is -2.40. The Bertz CT molecular complexity index is 431. The van der Waals surface area contributed by atoms with E-state index in [-0.39, 0.29) is 6.61 Å². The fourth-order valence-corrected chi connectivity index (χ4v) is 1.46. The van der Waals surface area contributed by atoms with Crippen LogP contribution in [0.5, 0.6) is 0 Å². The lowest BCUT2D eigenvalue weighted by molar-refractivity contribution is -0.171. The molecule has 0 spiro atoms. The lowest BCUT2D eigenvalue weighted by Gasteiger charge is -2.20. The number of halogens is 2. The van der Waals surface area contributed by atoms with Gasteiger partial charge in [-0.15, -0.1) is 0 Å². The van der Waals surface area contributed by atoms with Crippen LogP contribution in [0.1, 0.15) is 13.8 Å². The molecule has 0 N–H and O–H groups in total. The number of carbonyl (C=O) groups excluding carboxylic acids is 1. The quantitative estimate of drug-likeness (QED) is 0.522. The fraction of sp³-hybridized carbons (Fsp3) is 0.875. The van der Waals surface area contributed by atoms with Crippen LogP contribution in [0.2, 0.25) is 0 Å². The van der Waals surface area contributed by atoms with E-state index in [0.717, 1.165) is 0 Å². The van der Waals surface area contributed by atoms with Crippen LogP contribution in [0.25, 0.3) is 0 Å². The molecule has 7 nitrogen and oxygen atoms in total. The van der Waals surface area contributed by atoms with E-state index >= 15 is 0 Å². The molecule has 1 fully saturated rings. The van der Waals surface area contributed by atoms with Crippen LogP contribution in [0.3, 0.4) is 0 Å². The first-order valence-corrected chi connectivity index (χ1v) is 6.19. The van der Waals surface area contributed by atoms with Gasteiger partial charge in [0.1, 0.15) is 12.7 Å². The van der Waals surface area contributed by atoms with Gasteiger partial charge in [-0.2, -0.15) is 8.78 Å². The average molecular weight is 289 g/mol. The molecule has 1 heterocycles. The zero-order valence-corrected chi connectivity index (χ0v) is 10.3. The Labute approximate surface area is 102 Å². The summed E-state index contributed by atoms with van der Waals surface area (Å²) in [5.74, 6) is -3.37. The number of hydrogen-bond donors (Lipinski definition) is 0. The standard InChI is InChI=1S/C8H12F2O7S/c1-7(2)16-4-5(17-7)3-15-6(11)8(9,10)18(12,13)14/h5H,3-4H2,1-2H3,(H,12,13,14)/p-1. The minimum Gasteiger partial charge on any atom is -0.743 e. The second-order valence-electron chi connectivity index (χ2n) is 4.02. The molecule has 18 heavy (non-hydrogen) atoms. The number of esters is 1. The maximum atomic E-state index is 12.7. The summed E-state index contributed by atoms with van der Waals surface area (Å²) < 4.78 is 70.0. The molecule has 0 radical (unpaired) electrons. The molecule has 1 saturated heterocycles. The molecule has 1 atom stereocenters. The van der Waals surface area contributed by atoms with E-state index < -0.39 is 39.8 Å². The monoisotopic (exact) mass is 289 g/mol. The summed E-state index contributed by atoms with van der Waals surface area (Å²) in [5, 5.41) is -5.11. The highest BCUT2D eigenvalue weighted by atomic mass is 32.2. The molecule has 0 aromatic rings. The van der Waals surface area contributed by atoms with Gasteiger partial charge in [-0.25, -0.2) is 13.2 Å². The van der Waals surface area contributed by atoms with Gasteiger partial charge in [0, 0.05) is 0 Å². The predicted octanol–water partition coefficient (Wildman–Crippen LogP) is -0.181. The number of ether oxygens (including phenoxy) is 3. The molecular weight excluding hydrogens is 278 g/mol. The smallest absolute Gasteiger partial charge is 0.428 e. The number of carbonyl (C=O) groups is 1. The van der Waals surface area contributed by atoms with Crippen molar-refractivity contribution < 1.29 is 40.8 Å². The molecule has 1 aliphatic heterocycles. The molecule has 0 aromatic heterocycles. The summed E-state index contributed by atoms with van der Waals surface area (Å²) in [5.41, 5.74) is 0. The van der Waals surface area contributed by atoms with Crippen molar-refractivity contribution in [1.29, 1.82) is 0 Å². The van der Waals surface area contributed by atoms with E-state index in [2.05, 4.69) is 4.74 Å². The topological polar surface area (TPSA) is 102 Å². The van der Waals surface area contributed by atoms with Crippen LogP contribution in [-0.4, -0.2) is 49.3 Å². The van der Waals surface area contributed by atoms with Gasteiger partial charge in [0.15, 0.2) is 15.9 Å². The van der Waals surface area contributed by atoms with Crippen LogP contribution in [-0.2, 0) is 29.1 Å².